The van der Waals surface area contributed by atoms with Crippen LogP contribution in [0.1, 0.15) is 0 Å². The number of hydrogen-bond acceptors (Lipinski definition) is 1. The van der Waals surface area contributed by atoms with Gasteiger partial charge in [-0.25, -0.2) is 0 Å². The van der Waals surface area contributed by atoms with Gasteiger partial charge in [-0.1, -0.05) is 12.7 Å². The summed E-state index contributed by atoms with van der Waals surface area (Å²) in [7, 11) is 0. The van der Waals surface area contributed by atoms with Crippen molar-refractivity contribution in [3.05, 3.63) is 18.7 Å². The molecule has 0 aromatic carbocycles. The van der Waals surface area contributed by atoms with Crippen molar-refractivity contribution in [2.24, 2.45) is 0 Å². The molecule has 26 valence electrons. The Hall–Kier alpha value is -0.390. The number of allylic oxidation sites excluding steroid dienone is 2. The van der Waals surface area contributed by atoms with E-state index < -0.39 is 0 Å². The van der Waals surface area contributed by atoms with Crippen LogP contribution in [0.3, 0.4) is 0 Å². The van der Waals surface area contributed by atoms with E-state index in [2.05, 4.69) is 23.8 Å². The van der Waals surface area contributed by atoms with Crippen molar-refractivity contribution < 1.29 is 0 Å². The second-order valence-corrected chi connectivity index (χ2v) is 0.756. The van der Waals surface area contributed by atoms with Gasteiger partial charge in [0.1, 0.15) is 0 Å². The van der Waals surface area contributed by atoms with Gasteiger partial charge in [-0.3, -0.25) is 0 Å². The molecule has 0 aliphatic rings. The Morgan fingerprint density at radius 2 is 2.40 bits per heavy atom. The van der Waals surface area contributed by atoms with Gasteiger partial charge in [0.05, 0.1) is 0 Å². The van der Waals surface area contributed by atoms with Gasteiger partial charge in [0.15, 0.2) is 0 Å². The summed E-state index contributed by atoms with van der Waals surface area (Å²) in [6, 6.07) is 0. The molecule has 0 aromatic heterocycles. The first-order valence-electron chi connectivity index (χ1n) is 1.23. The first kappa shape index (κ1) is 4.61. The van der Waals surface area contributed by atoms with E-state index in [9.17, 15) is 0 Å². The fraction of sp³-hybridized carbons (Fsp3) is 0. The Bertz CT molecular complexity index is 67.7. The van der Waals surface area contributed by atoms with Crippen LogP contribution >= 0.6 is 12.2 Å². The van der Waals surface area contributed by atoms with Gasteiger partial charge >= 0.3 is 0 Å². The third-order valence-electron chi connectivity index (χ3n) is 0.186. The normalized spacial score (nSPS) is 4.80. The van der Waals surface area contributed by atoms with Crippen molar-refractivity contribution in [2.45, 2.75) is 0 Å². The van der Waals surface area contributed by atoms with Crippen LogP contribution in [0.5, 0.6) is 0 Å². The van der Waals surface area contributed by atoms with E-state index in [0.717, 1.165) is 0 Å². The molecule has 0 spiro atoms. The standard InChI is InChI=1S/C4H4S/c1-2-3-4-5/h2-3H,1H2. The lowest BCUT2D eigenvalue weighted by molar-refractivity contribution is 2.22. The van der Waals surface area contributed by atoms with Gasteiger partial charge in [-0.15, -0.1) is 0 Å². The molecule has 0 heterocycles. The first-order chi connectivity index (χ1) is 2.41. The van der Waals surface area contributed by atoms with Gasteiger partial charge < -0.3 is 0 Å². The zero-order chi connectivity index (χ0) is 4.12. The first-order valence-corrected chi connectivity index (χ1v) is 1.64. The topological polar surface area (TPSA) is 0 Å². The molecule has 0 N–H and O–H groups in total. The summed E-state index contributed by atoms with van der Waals surface area (Å²) in [5, 5.41) is 2.36. The molecule has 0 aliphatic carbocycles. The molecule has 0 amide bonds. The fourth-order valence-corrected chi connectivity index (χ4v) is 0.144. The predicted molar refractivity (Wildman–Crippen MR) is 27.4 cm³/mol. The molecule has 0 radical (unpaired) electrons. The van der Waals surface area contributed by atoms with Crippen molar-refractivity contribution in [2.75, 3.05) is 0 Å². The van der Waals surface area contributed by atoms with E-state index in [1.165, 1.54) is 0 Å². The molecule has 0 fully saturated rings. The SMILES string of the molecule is C=CC=C=S. The summed E-state index contributed by atoms with van der Waals surface area (Å²) in [5.74, 6) is 0. The second kappa shape index (κ2) is 3.61. The van der Waals surface area contributed by atoms with Crippen LogP contribution in [0.25, 0.3) is 0 Å². The molecule has 1 heteroatoms. The van der Waals surface area contributed by atoms with Crippen LogP contribution in [0.4, 0.5) is 0 Å². The quantitative estimate of drug-likeness (QED) is 0.341. The van der Waals surface area contributed by atoms with Crippen LogP contribution in [0, 0.1) is 0 Å². The van der Waals surface area contributed by atoms with Crippen LogP contribution in [0.15, 0.2) is 18.7 Å². The highest BCUT2D eigenvalue weighted by Crippen LogP contribution is 1.54. The molecule has 0 rings (SSSR count). The minimum absolute atomic E-state index is 1.58. The van der Waals surface area contributed by atoms with E-state index in [0.29, 0.717) is 0 Å². The third-order valence-corrected chi connectivity index (χ3v) is 0.322. The molecule has 0 unspecified atom stereocenters. The molecule has 0 bridgehead atoms. The largest absolute Gasteiger partial charge is 0.0984 e. The smallest absolute Gasteiger partial charge is 0.00896 e. The van der Waals surface area contributed by atoms with E-state index >= 15 is 0 Å². The Kier molecular flexibility index (Phi) is 3.33. The van der Waals surface area contributed by atoms with E-state index in [4.69, 9.17) is 0 Å². The molecule has 0 atom stereocenters. The number of thiocarbonyl (C=S) groups is 1. The van der Waals surface area contributed by atoms with Gasteiger partial charge in [0.2, 0.25) is 0 Å². The van der Waals surface area contributed by atoms with Gasteiger partial charge in [-0.2, -0.15) is 0 Å². The molecular formula is C4H4S. The summed E-state index contributed by atoms with van der Waals surface area (Å²) >= 11 is 4.27. The van der Waals surface area contributed by atoms with Crippen LogP contribution < -0.4 is 0 Å². The van der Waals surface area contributed by atoms with Gasteiger partial charge in [-0.05, 0) is 23.3 Å². The highest BCUT2D eigenvalue weighted by atomic mass is 32.1. The Balaban J connectivity index is 3.31. The molecule has 0 aliphatic heterocycles. The summed E-state index contributed by atoms with van der Waals surface area (Å²) in [6.45, 7) is 3.37. The third kappa shape index (κ3) is 3.61. The van der Waals surface area contributed by atoms with E-state index in [1.54, 1.807) is 12.2 Å². The highest BCUT2D eigenvalue weighted by Gasteiger charge is 1.38. The van der Waals surface area contributed by atoms with Crippen LogP contribution in [-0.4, -0.2) is 5.02 Å². The minimum Gasteiger partial charge on any atom is -0.0984 e. The maximum atomic E-state index is 4.27. The average Bonchev–Trinajstić information content (AvgIpc) is 1.41. The molecule has 0 saturated heterocycles. The Labute approximate surface area is 36.8 Å². The average molecular weight is 84.1 g/mol. The molecule has 0 aromatic rings. The number of hydrogen-bond donors (Lipinski definition) is 0. The molecular weight excluding hydrogens is 80.1 g/mol. The summed E-state index contributed by atoms with van der Waals surface area (Å²) in [5.41, 5.74) is 0. The predicted octanol–water partition coefficient (Wildman–Crippen LogP) is 1.33. The maximum absolute atomic E-state index is 4.27. The van der Waals surface area contributed by atoms with Crippen molar-refractivity contribution >= 4 is 17.2 Å². The maximum Gasteiger partial charge on any atom is -0.00896 e. The monoisotopic (exact) mass is 84.0 g/mol. The fourth-order valence-electron chi connectivity index (χ4n) is 0.0481. The van der Waals surface area contributed by atoms with Gasteiger partial charge in [0.25, 0.3) is 0 Å². The lowest BCUT2D eigenvalue weighted by Crippen LogP contribution is -1.33. The molecule has 5 heavy (non-hydrogen) atoms. The minimum atomic E-state index is 1.58. The van der Waals surface area contributed by atoms with Crippen molar-refractivity contribution in [3.63, 3.8) is 0 Å². The molecule has 0 nitrogen and oxygen atoms in total. The highest BCUT2D eigenvalue weighted by molar-refractivity contribution is 7.78. The van der Waals surface area contributed by atoms with Crippen molar-refractivity contribution in [1.82, 2.24) is 0 Å². The van der Waals surface area contributed by atoms with Gasteiger partial charge in [0, 0.05) is 0 Å². The van der Waals surface area contributed by atoms with E-state index in [1.807, 2.05) is 0 Å². The zero-order valence-corrected chi connectivity index (χ0v) is 3.59. The summed E-state index contributed by atoms with van der Waals surface area (Å²) in [6.07, 6.45) is 3.17. The van der Waals surface area contributed by atoms with Crippen LogP contribution in [-0.2, 0) is 0 Å². The Morgan fingerprint density at radius 1 is 1.80 bits per heavy atom. The Morgan fingerprint density at radius 3 is 2.40 bits per heavy atom. The second-order valence-electron chi connectivity index (χ2n) is 0.520. The number of rotatable bonds is 1. The van der Waals surface area contributed by atoms with Crippen molar-refractivity contribution in [3.8, 4) is 0 Å². The van der Waals surface area contributed by atoms with E-state index in [-0.39, 0.29) is 0 Å². The zero-order valence-electron chi connectivity index (χ0n) is 2.77. The lowest BCUT2D eigenvalue weighted by Gasteiger charge is -1.45. The lowest BCUT2D eigenvalue weighted by atomic mass is 10.6. The summed E-state index contributed by atoms with van der Waals surface area (Å²) in [4.78, 5) is 0. The summed E-state index contributed by atoms with van der Waals surface area (Å²) < 4.78 is 0. The van der Waals surface area contributed by atoms with Crippen LogP contribution in [0.2, 0.25) is 0 Å². The van der Waals surface area contributed by atoms with Crippen molar-refractivity contribution in [1.29, 1.82) is 0 Å². The molecule has 0 saturated carbocycles.